The Kier molecular flexibility index (Phi) is 4.80. The van der Waals surface area contributed by atoms with Crippen LogP contribution in [0.4, 0.5) is 5.69 Å². The molecule has 1 aromatic heterocycles. The van der Waals surface area contributed by atoms with E-state index in [9.17, 15) is 20.0 Å². The Hall–Kier alpha value is -3.87. The van der Waals surface area contributed by atoms with E-state index >= 15 is 0 Å². The molecule has 0 aliphatic carbocycles. The number of carboxylic acids is 1. The van der Waals surface area contributed by atoms with Gasteiger partial charge in [-0.3, -0.25) is 10.1 Å². The molecular weight excluding hydrogens is 334 g/mol. The lowest BCUT2D eigenvalue weighted by atomic mass is 10.1. The molecule has 0 bridgehead atoms. The number of nitrogens with zero attached hydrogens (tertiary/aromatic N) is 3. The molecule has 0 aliphatic heterocycles. The zero-order valence-corrected chi connectivity index (χ0v) is 13.4. The summed E-state index contributed by atoms with van der Waals surface area (Å²) in [6, 6.07) is 15.2. The van der Waals surface area contributed by atoms with E-state index in [-0.39, 0.29) is 16.9 Å². The molecule has 7 nitrogen and oxygen atoms in total. The number of benzene rings is 2. The first-order valence-corrected chi connectivity index (χ1v) is 7.63. The number of carbonyl (C=O) groups is 1. The number of rotatable bonds is 5. The predicted molar refractivity (Wildman–Crippen MR) is 96.5 cm³/mol. The number of aromatic carboxylic acids is 1. The van der Waals surface area contributed by atoms with Gasteiger partial charge in [0.15, 0.2) is 5.82 Å². The summed E-state index contributed by atoms with van der Waals surface area (Å²) in [7, 11) is 0. The molecule has 0 atom stereocenters. The average molecular weight is 347 g/mol. The average Bonchev–Trinajstić information content (AvgIpc) is 2.67. The van der Waals surface area contributed by atoms with Crippen molar-refractivity contribution < 1.29 is 14.8 Å². The Morgan fingerprint density at radius 1 is 1.08 bits per heavy atom. The van der Waals surface area contributed by atoms with Crippen LogP contribution in [0.1, 0.15) is 21.6 Å². The first-order valence-electron chi connectivity index (χ1n) is 7.63. The minimum absolute atomic E-state index is 0.0433. The zero-order valence-electron chi connectivity index (χ0n) is 13.4. The molecule has 0 spiro atoms. The Balaban J connectivity index is 2.01. The van der Waals surface area contributed by atoms with Gasteiger partial charge in [-0.2, -0.15) is 0 Å². The molecule has 128 valence electrons. The van der Waals surface area contributed by atoms with Crippen LogP contribution < -0.4 is 0 Å². The Morgan fingerprint density at radius 3 is 2.54 bits per heavy atom. The van der Waals surface area contributed by atoms with Crippen molar-refractivity contribution in [2.45, 2.75) is 0 Å². The fourth-order valence-electron chi connectivity index (χ4n) is 2.33. The third-order valence-corrected chi connectivity index (χ3v) is 3.60. The summed E-state index contributed by atoms with van der Waals surface area (Å²) in [5, 5.41) is 20.2. The molecule has 3 rings (SSSR count). The normalized spacial score (nSPS) is 10.8. The minimum Gasteiger partial charge on any atom is -0.478 e. The molecular formula is C19H13N3O4. The number of non-ortho nitro benzene ring substituents is 1. The highest BCUT2D eigenvalue weighted by Gasteiger charge is 2.12. The van der Waals surface area contributed by atoms with E-state index < -0.39 is 10.9 Å². The van der Waals surface area contributed by atoms with Gasteiger partial charge in [0, 0.05) is 23.9 Å². The van der Waals surface area contributed by atoms with E-state index in [0.717, 1.165) is 5.56 Å². The molecule has 1 N–H and O–H groups in total. The summed E-state index contributed by atoms with van der Waals surface area (Å²) in [6.45, 7) is 0. The molecule has 0 saturated carbocycles. The van der Waals surface area contributed by atoms with Crippen LogP contribution in [0.3, 0.4) is 0 Å². The molecule has 0 radical (unpaired) electrons. The highest BCUT2D eigenvalue weighted by Crippen LogP contribution is 2.19. The Morgan fingerprint density at radius 2 is 1.85 bits per heavy atom. The van der Waals surface area contributed by atoms with Gasteiger partial charge in [-0.05, 0) is 11.6 Å². The van der Waals surface area contributed by atoms with E-state index in [1.54, 1.807) is 18.2 Å². The number of nitro groups is 1. The van der Waals surface area contributed by atoms with Gasteiger partial charge in [0.25, 0.3) is 5.69 Å². The van der Waals surface area contributed by atoms with E-state index in [4.69, 9.17) is 0 Å². The van der Waals surface area contributed by atoms with Gasteiger partial charge >= 0.3 is 5.97 Å². The van der Waals surface area contributed by atoms with Crippen LogP contribution in [-0.4, -0.2) is 26.0 Å². The highest BCUT2D eigenvalue weighted by molar-refractivity contribution is 5.92. The second kappa shape index (κ2) is 7.35. The second-order valence-corrected chi connectivity index (χ2v) is 5.35. The topological polar surface area (TPSA) is 106 Å². The molecule has 26 heavy (non-hydrogen) atoms. The summed E-state index contributed by atoms with van der Waals surface area (Å²) in [5.74, 6) is -0.752. The summed E-state index contributed by atoms with van der Waals surface area (Å²) in [4.78, 5) is 30.2. The smallest absolute Gasteiger partial charge is 0.339 e. The van der Waals surface area contributed by atoms with E-state index in [2.05, 4.69) is 9.97 Å². The van der Waals surface area contributed by atoms with Crippen molar-refractivity contribution >= 4 is 23.8 Å². The maximum atomic E-state index is 11.4. The van der Waals surface area contributed by atoms with Crippen LogP contribution in [0.25, 0.3) is 23.5 Å². The van der Waals surface area contributed by atoms with E-state index in [1.165, 1.54) is 24.4 Å². The maximum Gasteiger partial charge on any atom is 0.339 e. The largest absolute Gasteiger partial charge is 0.478 e. The summed E-state index contributed by atoms with van der Waals surface area (Å²) >= 11 is 0. The van der Waals surface area contributed by atoms with Crippen LogP contribution in [0.2, 0.25) is 0 Å². The number of hydrogen-bond acceptors (Lipinski definition) is 5. The van der Waals surface area contributed by atoms with Crippen LogP contribution in [-0.2, 0) is 0 Å². The molecule has 0 fully saturated rings. The third kappa shape index (κ3) is 3.78. The maximum absolute atomic E-state index is 11.4. The lowest BCUT2D eigenvalue weighted by molar-refractivity contribution is -0.384. The first-order chi connectivity index (χ1) is 12.5. The lowest BCUT2D eigenvalue weighted by Gasteiger charge is -2.04. The van der Waals surface area contributed by atoms with Gasteiger partial charge in [-0.25, -0.2) is 14.8 Å². The monoisotopic (exact) mass is 347 g/mol. The molecule has 0 amide bonds. The van der Waals surface area contributed by atoms with Gasteiger partial charge in [-0.15, -0.1) is 0 Å². The molecule has 3 aromatic rings. The number of nitro benzene ring substituents is 1. The molecule has 1 heterocycles. The number of carboxylic acid groups (broad SMARTS) is 1. The van der Waals surface area contributed by atoms with Gasteiger partial charge in [-0.1, -0.05) is 48.5 Å². The number of hydrogen-bond donors (Lipinski definition) is 1. The van der Waals surface area contributed by atoms with Gasteiger partial charge < -0.3 is 5.11 Å². The number of aromatic nitrogens is 2. The van der Waals surface area contributed by atoms with Gasteiger partial charge in [0.05, 0.1) is 10.6 Å². The highest BCUT2D eigenvalue weighted by atomic mass is 16.6. The van der Waals surface area contributed by atoms with Crippen LogP contribution in [0, 0.1) is 10.1 Å². The standard InChI is InChI=1S/C19H13N3O4/c23-19(24)16-12-20-18(14-6-2-1-3-7-14)21-17(16)10-9-13-5-4-8-15(11-13)22(25)26/h1-12H,(H,23,24)/b10-9+. The van der Waals surface area contributed by atoms with Crippen molar-refractivity contribution in [2.24, 2.45) is 0 Å². The fourth-order valence-corrected chi connectivity index (χ4v) is 2.33. The zero-order chi connectivity index (χ0) is 18.5. The van der Waals surface area contributed by atoms with Gasteiger partial charge in [0.2, 0.25) is 0 Å². The fraction of sp³-hybridized carbons (Fsp3) is 0. The van der Waals surface area contributed by atoms with Crippen molar-refractivity contribution in [3.63, 3.8) is 0 Å². The Bertz CT molecular complexity index is 1000. The van der Waals surface area contributed by atoms with Crippen LogP contribution >= 0.6 is 0 Å². The van der Waals surface area contributed by atoms with Crippen LogP contribution in [0.5, 0.6) is 0 Å². The molecule has 0 saturated heterocycles. The molecule has 0 unspecified atom stereocenters. The minimum atomic E-state index is -1.15. The van der Waals surface area contributed by atoms with Gasteiger partial charge in [0.1, 0.15) is 5.56 Å². The van der Waals surface area contributed by atoms with Crippen molar-refractivity contribution in [1.82, 2.24) is 9.97 Å². The molecule has 0 aliphatic rings. The summed E-state index contributed by atoms with van der Waals surface area (Å²) < 4.78 is 0. The SMILES string of the molecule is O=C(O)c1cnc(-c2ccccc2)nc1/C=C/c1cccc([N+](=O)[O-])c1. The van der Waals surface area contributed by atoms with Crippen LogP contribution in [0.15, 0.2) is 60.8 Å². The molecule has 2 aromatic carbocycles. The van der Waals surface area contributed by atoms with E-state index in [1.807, 2.05) is 30.3 Å². The van der Waals surface area contributed by atoms with E-state index in [0.29, 0.717) is 11.4 Å². The predicted octanol–water partition coefficient (Wildman–Crippen LogP) is 3.92. The Labute approximate surface area is 148 Å². The first kappa shape index (κ1) is 17.0. The van der Waals surface area contributed by atoms with Crippen molar-refractivity contribution in [2.75, 3.05) is 0 Å². The third-order valence-electron chi connectivity index (χ3n) is 3.60. The lowest BCUT2D eigenvalue weighted by Crippen LogP contribution is -2.04. The summed E-state index contributed by atoms with van der Waals surface area (Å²) in [6.07, 6.45) is 4.35. The summed E-state index contributed by atoms with van der Waals surface area (Å²) in [5.41, 5.74) is 1.45. The van der Waals surface area contributed by atoms with Crippen molar-refractivity contribution in [3.05, 3.63) is 87.7 Å². The quantitative estimate of drug-likeness (QED) is 0.554. The van der Waals surface area contributed by atoms with Crippen molar-refractivity contribution in [1.29, 1.82) is 0 Å². The molecule has 7 heteroatoms. The van der Waals surface area contributed by atoms with Crippen molar-refractivity contribution in [3.8, 4) is 11.4 Å². The second-order valence-electron chi connectivity index (χ2n) is 5.35.